The van der Waals surface area contributed by atoms with Crippen LogP contribution in [0.3, 0.4) is 0 Å². The van der Waals surface area contributed by atoms with Crippen LogP contribution < -0.4 is 21.1 Å². The first kappa shape index (κ1) is 21.1. The first-order valence-corrected chi connectivity index (χ1v) is 8.89. The summed E-state index contributed by atoms with van der Waals surface area (Å²) in [6.45, 7) is -2.52. The summed E-state index contributed by atoms with van der Waals surface area (Å²) < 4.78 is 30.0. The number of ether oxygens (including phenoxy) is 1. The molecule has 0 heterocycles. The number of urea groups is 1. The number of rotatable bonds is 10. The molecule has 0 atom stereocenters. The molecule has 150 valence electrons. The number of carbonyl (C=O) groups excluding carboxylic acids is 2. The van der Waals surface area contributed by atoms with Crippen molar-refractivity contribution in [1.82, 2.24) is 5.32 Å². The van der Waals surface area contributed by atoms with Gasteiger partial charge in [-0.05, 0) is 36.6 Å². The Morgan fingerprint density at radius 3 is 2.50 bits per heavy atom. The Morgan fingerprint density at radius 1 is 1.07 bits per heavy atom. The fourth-order valence-electron chi connectivity index (χ4n) is 2.67. The van der Waals surface area contributed by atoms with Crippen molar-refractivity contribution in [2.45, 2.75) is 32.3 Å². The van der Waals surface area contributed by atoms with Crippen molar-refractivity contribution in [2.24, 2.45) is 5.73 Å². The highest BCUT2D eigenvalue weighted by molar-refractivity contribution is 5.90. The average Bonchev–Trinajstić information content (AvgIpc) is 2.64. The van der Waals surface area contributed by atoms with E-state index in [0.717, 1.165) is 5.56 Å². The number of hydrogen-bond acceptors (Lipinski definition) is 3. The minimum atomic E-state index is -2.93. The number of primary amides is 1. The van der Waals surface area contributed by atoms with Crippen LogP contribution in [-0.2, 0) is 11.2 Å². The van der Waals surface area contributed by atoms with Gasteiger partial charge in [-0.3, -0.25) is 4.79 Å². The van der Waals surface area contributed by atoms with Crippen molar-refractivity contribution < 1.29 is 23.1 Å². The van der Waals surface area contributed by atoms with E-state index in [1.807, 2.05) is 30.3 Å². The van der Waals surface area contributed by atoms with Crippen LogP contribution >= 0.6 is 0 Å². The van der Waals surface area contributed by atoms with Gasteiger partial charge in [0.2, 0.25) is 5.91 Å². The summed E-state index contributed by atoms with van der Waals surface area (Å²) in [5.41, 5.74) is 6.96. The first-order valence-electron chi connectivity index (χ1n) is 8.89. The van der Waals surface area contributed by atoms with Crippen molar-refractivity contribution in [3.63, 3.8) is 0 Å². The van der Waals surface area contributed by atoms with E-state index in [2.05, 4.69) is 15.4 Å². The van der Waals surface area contributed by atoms with Gasteiger partial charge in [-0.25, -0.2) is 4.79 Å². The zero-order chi connectivity index (χ0) is 20.4. The molecule has 0 aliphatic rings. The third kappa shape index (κ3) is 7.61. The standard InChI is InChI=1S/C20H23F2N3O3/c21-19(22)28-17-10-9-16(13-15(17)12-14-6-2-1-3-7-14)25-18(26)8-4-5-11-24-20(23)27/h1-3,6-7,9-10,13,19H,4-5,8,11-12H2,(H,25,26)(H3,23,24,27). The van der Waals surface area contributed by atoms with Crippen molar-refractivity contribution in [3.8, 4) is 5.75 Å². The molecule has 0 spiro atoms. The zero-order valence-electron chi connectivity index (χ0n) is 15.3. The van der Waals surface area contributed by atoms with Crippen LogP contribution in [0, 0.1) is 0 Å². The Morgan fingerprint density at radius 2 is 1.82 bits per heavy atom. The molecule has 0 saturated heterocycles. The molecule has 2 rings (SSSR count). The van der Waals surface area contributed by atoms with Crippen molar-refractivity contribution >= 4 is 17.6 Å². The van der Waals surface area contributed by atoms with E-state index in [-0.39, 0.29) is 18.1 Å². The third-order valence-electron chi connectivity index (χ3n) is 3.93. The molecule has 0 aliphatic heterocycles. The van der Waals surface area contributed by atoms with Gasteiger partial charge >= 0.3 is 12.6 Å². The predicted molar refractivity (Wildman–Crippen MR) is 102 cm³/mol. The summed E-state index contributed by atoms with van der Waals surface area (Å²) in [4.78, 5) is 22.6. The van der Waals surface area contributed by atoms with E-state index in [9.17, 15) is 18.4 Å². The van der Waals surface area contributed by atoms with Crippen LogP contribution in [0.15, 0.2) is 48.5 Å². The molecule has 28 heavy (non-hydrogen) atoms. The van der Waals surface area contributed by atoms with Gasteiger partial charge in [0.05, 0.1) is 0 Å². The lowest BCUT2D eigenvalue weighted by Gasteiger charge is -2.13. The Kier molecular flexibility index (Phi) is 8.20. The molecule has 0 radical (unpaired) electrons. The highest BCUT2D eigenvalue weighted by Gasteiger charge is 2.12. The number of benzene rings is 2. The SMILES string of the molecule is NC(=O)NCCCCC(=O)Nc1ccc(OC(F)F)c(Cc2ccccc2)c1. The Bertz CT molecular complexity index is 786. The molecule has 6 nitrogen and oxygen atoms in total. The first-order chi connectivity index (χ1) is 13.4. The Hall–Kier alpha value is -3.16. The summed E-state index contributed by atoms with van der Waals surface area (Å²) in [6, 6.07) is 13.4. The van der Waals surface area contributed by atoms with E-state index in [1.54, 1.807) is 6.07 Å². The smallest absolute Gasteiger partial charge is 0.387 e. The molecule has 0 unspecified atom stereocenters. The summed E-state index contributed by atoms with van der Waals surface area (Å²) in [6.07, 6.45) is 1.86. The number of anilines is 1. The van der Waals surface area contributed by atoms with Gasteiger partial charge < -0.3 is 21.1 Å². The second-order valence-electron chi connectivity index (χ2n) is 6.16. The fourth-order valence-corrected chi connectivity index (χ4v) is 2.67. The average molecular weight is 391 g/mol. The predicted octanol–water partition coefficient (Wildman–Crippen LogP) is 3.66. The second kappa shape index (κ2) is 10.9. The quantitative estimate of drug-likeness (QED) is 0.540. The number of nitrogens with two attached hydrogens (primary N) is 1. The lowest BCUT2D eigenvalue weighted by atomic mass is 10.0. The van der Waals surface area contributed by atoms with Crippen LogP contribution in [0.4, 0.5) is 19.3 Å². The lowest BCUT2D eigenvalue weighted by molar-refractivity contribution is -0.116. The molecular formula is C20H23F2N3O3. The van der Waals surface area contributed by atoms with Gasteiger partial charge in [0.25, 0.3) is 0 Å². The summed E-state index contributed by atoms with van der Waals surface area (Å²) in [7, 11) is 0. The minimum absolute atomic E-state index is 0.0781. The van der Waals surface area contributed by atoms with Crippen molar-refractivity contribution in [1.29, 1.82) is 0 Å². The largest absolute Gasteiger partial charge is 0.435 e. The van der Waals surface area contributed by atoms with Gasteiger partial charge in [-0.15, -0.1) is 0 Å². The van der Waals surface area contributed by atoms with Crippen LogP contribution in [0.1, 0.15) is 30.4 Å². The van der Waals surface area contributed by atoms with Crippen LogP contribution in [0.25, 0.3) is 0 Å². The molecule has 0 aliphatic carbocycles. The third-order valence-corrected chi connectivity index (χ3v) is 3.93. The molecule has 0 fully saturated rings. The number of alkyl halides is 2. The van der Waals surface area contributed by atoms with Gasteiger partial charge in [0.1, 0.15) is 5.75 Å². The molecule has 8 heteroatoms. The van der Waals surface area contributed by atoms with Gasteiger partial charge in [0, 0.05) is 30.6 Å². The van der Waals surface area contributed by atoms with Gasteiger partial charge in [0.15, 0.2) is 0 Å². The molecule has 2 aromatic carbocycles. The zero-order valence-corrected chi connectivity index (χ0v) is 15.3. The van der Waals surface area contributed by atoms with Gasteiger partial charge in [-0.1, -0.05) is 30.3 Å². The van der Waals surface area contributed by atoms with Crippen molar-refractivity contribution in [2.75, 3.05) is 11.9 Å². The topological polar surface area (TPSA) is 93.5 Å². The highest BCUT2D eigenvalue weighted by Crippen LogP contribution is 2.27. The monoisotopic (exact) mass is 391 g/mol. The van der Waals surface area contributed by atoms with Crippen LogP contribution in [0.5, 0.6) is 5.75 Å². The number of amides is 3. The number of nitrogens with one attached hydrogen (secondary N) is 2. The number of carbonyl (C=O) groups is 2. The molecular weight excluding hydrogens is 368 g/mol. The second-order valence-corrected chi connectivity index (χ2v) is 6.16. The fraction of sp³-hybridized carbons (Fsp3) is 0.300. The normalized spacial score (nSPS) is 10.5. The van der Waals surface area contributed by atoms with Gasteiger partial charge in [-0.2, -0.15) is 8.78 Å². The van der Waals surface area contributed by atoms with Crippen LogP contribution in [0.2, 0.25) is 0 Å². The van der Waals surface area contributed by atoms with Crippen LogP contribution in [-0.4, -0.2) is 25.1 Å². The van der Waals surface area contributed by atoms with E-state index in [0.29, 0.717) is 37.1 Å². The number of halogens is 2. The van der Waals surface area contributed by atoms with E-state index in [4.69, 9.17) is 5.73 Å². The Labute approximate surface area is 162 Å². The molecule has 3 amide bonds. The number of hydrogen-bond donors (Lipinski definition) is 3. The molecule has 0 bridgehead atoms. The van der Waals surface area contributed by atoms with E-state index in [1.165, 1.54) is 12.1 Å². The maximum Gasteiger partial charge on any atom is 0.387 e. The highest BCUT2D eigenvalue weighted by atomic mass is 19.3. The molecule has 2 aromatic rings. The minimum Gasteiger partial charge on any atom is -0.435 e. The summed E-state index contributed by atoms with van der Waals surface area (Å²) in [5, 5.41) is 5.21. The molecule has 0 aromatic heterocycles. The lowest BCUT2D eigenvalue weighted by Crippen LogP contribution is -2.30. The molecule has 0 saturated carbocycles. The maximum absolute atomic E-state index is 12.7. The molecule has 4 N–H and O–H groups in total. The maximum atomic E-state index is 12.7. The number of unbranched alkanes of at least 4 members (excludes halogenated alkanes) is 1. The summed E-state index contributed by atoms with van der Waals surface area (Å²) in [5.74, 6) is -0.123. The van der Waals surface area contributed by atoms with E-state index >= 15 is 0 Å². The summed E-state index contributed by atoms with van der Waals surface area (Å²) >= 11 is 0. The van der Waals surface area contributed by atoms with E-state index < -0.39 is 12.6 Å². The Balaban J connectivity index is 1.99. The van der Waals surface area contributed by atoms with Crippen molar-refractivity contribution in [3.05, 3.63) is 59.7 Å².